The maximum absolute atomic E-state index is 12.5. The van der Waals surface area contributed by atoms with Crippen molar-refractivity contribution >= 4 is 11.9 Å². The predicted molar refractivity (Wildman–Crippen MR) is 167 cm³/mol. The van der Waals surface area contributed by atoms with Crippen molar-refractivity contribution in [2.75, 3.05) is 0 Å². The summed E-state index contributed by atoms with van der Waals surface area (Å²) in [5.41, 5.74) is 11.6. The quantitative estimate of drug-likeness (QED) is 0.149. The van der Waals surface area contributed by atoms with Gasteiger partial charge in [-0.1, -0.05) is 48.6 Å². The van der Waals surface area contributed by atoms with Gasteiger partial charge in [-0.05, 0) is 19.9 Å². The average molecular weight is 665 g/mol. The molecule has 4 heterocycles. The fourth-order valence-electron chi connectivity index (χ4n) is 6.05. The van der Waals surface area contributed by atoms with E-state index in [4.69, 9.17) is 35.2 Å². The highest BCUT2D eigenvalue weighted by atomic mass is 16.7. The summed E-state index contributed by atoms with van der Waals surface area (Å²) < 4.78 is 28.7. The summed E-state index contributed by atoms with van der Waals surface area (Å²) in [5.74, 6) is -4.66. The van der Waals surface area contributed by atoms with Gasteiger partial charge in [0.2, 0.25) is 5.91 Å². The second kappa shape index (κ2) is 16.6. The zero-order chi connectivity index (χ0) is 34.3. The fourth-order valence-corrected chi connectivity index (χ4v) is 6.05. The van der Waals surface area contributed by atoms with Crippen LogP contribution >= 0.6 is 0 Å². The Balaban J connectivity index is 1.58. The van der Waals surface area contributed by atoms with Crippen LogP contribution in [-0.2, 0) is 33.3 Å². The Bertz CT molecular complexity index is 1220. The number of cyclic esters (lactones) is 1. The number of allylic oxidation sites excluding steroid dienone is 6. The van der Waals surface area contributed by atoms with E-state index in [0.717, 1.165) is 0 Å². The third-order valence-electron chi connectivity index (χ3n) is 8.62. The zero-order valence-corrected chi connectivity index (χ0v) is 26.6. The van der Waals surface area contributed by atoms with Gasteiger partial charge in [-0.3, -0.25) is 4.79 Å². The van der Waals surface area contributed by atoms with E-state index in [1.165, 1.54) is 6.08 Å². The van der Waals surface area contributed by atoms with Crippen molar-refractivity contribution in [2.45, 2.75) is 125 Å². The summed E-state index contributed by atoms with van der Waals surface area (Å²) in [5, 5.41) is 54.1. The molecule has 4 rings (SSSR count). The van der Waals surface area contributed by atoms with Gasteiger partial charge in [-0.25, -0.2) is 4.79 Å². The van der Waals surface area contributed by atoms with Crippen LogP contribution in [0.25, 0.3) is 0 Å². The minimum absolute atomic E-state index is 0.104. The number of fused-ring (bicyclic) bond motifs is 3. The zero-order valence-electron chi connectivity index (χ0n) is 26.6. The molecule has 0 aliphatic carbocycles. The van der Waals surface area contributed by atoms with Gasteiger partial charge in [0.05, 0.1) is 54.7 Å². The van der Waals surface area contributed by atoms with Crippen LogP contribution in [0.4, 0.5) is 0 Å². The Morgan fingerprint density at radius 2 is 1.64 bits per heavy atom. The standard InChI is InChI=1S/C33H48N2O12/c1-18-10-8-6-4-3-5-7-9-11-21(45-32-30(40)28(34)29(39)19(2)44-32)15-25-27(31(35)41)22(37)17-33(42,47-25)16-20(36)14-24-23(46-24)12-13-26(38)43-18/h3-9,11-13,18-25,27-30,32,36-37,39-40,42H,10,14-17,34H2,1-2H3,(H2,35,41)/b4-3-,7-5-,8-6-,11-9-,13-12-/t18?,19-,20?,21?,22?,23?,24?,25?,27?,28+,29-,30+,32+,33?/m1/s1. The highest BCUT2D eigenvalue weighted by Gasteiger charge is 2.51. The Morgan fingerprint density at radius 1 is 0.936 bits per heavy atom. The first-order valence-corrected chi connectivity index (χ1v) is 16.0. The Labute approximate surface area is 273 Å². The van der Waals surface area contributed by atoms with E-state index in [1.54, 1.807) is 56.4 Å². The highest BCUT2D eigenvalue weighted by molar-refractivity contribution is 5.82. The van der Waals surface area contributed by atoms with Gasteiger partial charge in [0.1, 0.15) is 18.3 Å². The molecule has 1 amide bonds. The number of esters is 1. The molecule has 0 saturated carbocycles. The highest BCUT2D eigenvalue weighted by Crippen LogP contribution is 2.39. The molecule has 14 heteroatoms. The van der Waals surface area contributed by atoms with Crippen LogP contribution in [0.15, 0.2) is 60.8 Å². The molecule has 4 aliphatic heterocycles. The summed E-state index contributed by atoms with van der Waals surface area (Å²) in [7, 11) is 0. The molecule has 0 spiro atoms. The first kappa shape index (κ1) is 37.1. The van der Waals surface area contributed by atoms with Crippen molar-refractivity contribution in [3.05, 3.63) is 60.8 Å². The number of rotatable bonds is 3. The monoisotopic (exact) mass is 664 g/mol. The largest absolute Gasteiger partial charge is 0.459 e. The van der Waals surface area contributed by atoms with Gasteiger partial charge >= 0.3 is 5.97 Å². The number of primary amides is 1. The van der Waals surface area contributed by atoms with Crippen LogP contribution in [0.5, 0.6) is 0 Å². The molecular formula is C33H48N2O12. The number of aliphatic hydroxyl groups is 5. The maximum Gasteiger partial charge on any atom is 0.330 e. The maximum atomic E-state index is 12.5. The number of hydrogen-bond acceptors (Lipinski definition) is 13. The first-order valence-electron chi connectivity index (χ1n) is 16.0. The van der Waals surface area contributed by atoms with E-state index in [-0.39, 0.29) is 25.4 Å². The number of carbonyl (C=O) groups excluding carboxylic acids is 2. The van der Waals surface area contributed by atoms with E-state index in [1.807, 2.05) is 12.2 Å². The van der Waals surface area contributed by atoms with Crippen LogP contribution in [-0.4, -0.2) is 117 Å². The van der Waals surface area contributed by atoms with Crippen LogP contribution < -0.4 is 11.5 Å². The molecular weight excluding hydrogens is 616 g/mol. The number of nitrogens with two attached hydrogens (primary N) is 2. The summed E-state index contributed by atoms with van der Waals surface area (Å²) in [6.07, 6.45) is 6.16. The van der Waals surface area contributed by atoms with E-state index in [9.17, 15) is 35.1 Å². The van der Waals surface area contributed by atoms with E-state index >= 15 is 0 Å². The lowest BCUT2D eigenvalue weighted by Crippen LogP contribution is -2.61. The topological polar surface area (TPSA) is 237 Å². The van der Waals surface area contributed by atoms with Gasteiger partial charge in [0.15, 0.2) is 12.1 Å². The summed E-state index contributed by atoms with van der Waals surface area (Å²) in [6, 6.07) is -1.06. The van der Waals surface area contributed by atoms with Crippen molar-refractivity contribution < 1.29 is 58.8 Å². The Hall–Kier alpha value is -2.76. The number of hydrogen-bond donors (Lipinski definition) is 7. The predicted octanol–water partition coefficient (Wildman–Crippen LogP) is -0.480. The van der Waals surface area contributed by atoms with Crippen LogP contribution in [0.3, 0.4) is 0 Å². The lowest BCUT2D eigenvalue weighted by molar-refractivity contribution is -0.306. The molecule has 0 aromatic rings. The van der Waals surface area contributed by atoms with Crippen molar-refractivity contribution in [1.29, 1.82) is 0 Å². The molecule has 14 atom stereocenters. The minimum atomic E-state index is -2.04. The summed E-state index contributed by atoms with van der Waals surface area (Å²) in [4.78, 5) is 24.7. The van der Waals surface area contributed by atoms with E-state index in [0.29, 0.717) is 6.42 Å². The lowest BCUT2D eigenvalue weighted by atomic mass is 9.82. The van der Waals surface area contributed by atoms with Crippen molar-refractivity contribution in [3.63, 3.8) is 0 Å². The minimum Gasteiger partial charge on any atom is -0.459 e. The molecule has 262 valence electrons. The van der Waals surface area contributed by atoms with Gasteiger partial charge < -0.3 is 60.7 Å². The third kappa shape index (κ3) is 10.6. The number of ether oxygens (including phenoxy) is 5. The molecule has 3 fully saturated rings. The van der Waals surface area contributed by atoms with Gasteiger partial charge in [-0.15, -0.1) is 0 Å². The lowest BCUT2D eigenvalue weighted by Gasteiger charge is -2.45. The van der Waals surface area contributed by atoms with Crippen molar-refractivity contribution in [3.8, 4) is 0 Å². The smallest absolute Gasteiger partial charge is 0.330 e. The summed E-state index contributed by atoms with van der Waals surface area (Å²) in [6.45, 7) is 3.36. The average Bonchev–Trinajstić information content (AvgIpc) is 3.72. The number of carbonyl (C=O) groups is 2. The van der Waals surface area contributed by atoms with Crippen LogP contribution in [0.2, 0.25) is 0 Å². The summed E-state index contributed by atoms with van der Waals surface area (Å²) >= 11 is 0. The SMILES string of the molecule is CC1C\C=C/C=C\C=C/C=C\C(O[C@@H]2O[C@H](C)[C@@H](O)[C@H](N)[C@@H]2O)CC2OC(O)(CC(O)CC3OC3/C=C\C(=O)O1)CC(O)C2C(N)=O. The van der Waals surface area contributed by atoms with Crippen LogP contribution in [0, 0.1) is 5.92 Å². The Kier molecular flexibility index (Phi) is 13.1. The van der Waals surface area contributed by atoms with Crippen molar-refractivity contribution in [1.82, 2.24) is 0 Å². The molecule has 3 saturated heterocycles. The second-order valence-corrected chi connectivity index (χ2v) is 12.6. The van der Waals surface area contributed by atoms with Gasteiger partial charge in [0.25, 0.3) is 0 Å². The molecule has 0 aromatic carbocycles. The molecule has 0 aromatic heterocycles. The number of epoxide rings is 1. The molecule has 14 nitrogen and oxygen atoms in total. The normalized spacial score (nSPS) is 47.2. The molecule has 2 bridgehead atoms. The number of aliphatic hydroxyl groups excluding tert-OH is 4. The molecule has 0 radical (unpaired) electrons. The van der Waals surface area contributed by atoms with E-state index < -0.39 is 97.3 Å². The van der Waals surface area contributed by atoms with Crippen molar-refractivity contribution in [2.24, 2.45) is 17.4 Å². The Morgan fingerprint density at radius 3 is 2.36 bits per heavy atom. The first-order chi connectivity index (χ1) is 22.3. The van der Waals surface area contributed by atoms with Gasteiger partial charge in [-0.2, -0.15) is 0 Å². The molecule has 9 unspecified atom stereocenters. The number of amides is 1. The molecule has 9 N–H and O–H groups in total. The van der Waals surface area contributed by atoms with Gasteiger partial charge in [0, 0.05) is 38.2 Å². The fraction of sp³-hybridized carbons (Fsp3) is 0.636. The molecule has 4 aliphatic rings. The molecule has 47 heavy (non-hydrogen) atoms. The second-order valence-electron chi connectivity index (χ2n) is 12.6. The van der Waals surface area contributed by atoms with E-state index in [2.05, 4.69) is 0 Å². The third-order valence-corrected chi connectivity index (χ3v) is 8.62. The van der Waals surface area contributed by atoms with Crippen LogP contribution in [0.1, 0.15) is 46.0 Å².